The molecular formula is C20H18Cl2N2O2S. The molecule has 0 spiro atoms. The lowest BCUT2D eigenvalue weighted by molar-refractivity contribution is 0.0998. The molecule has 4 nitrogen and oxygen atoms in total. The second kappa shape index (κ2) is 8.30. The number of ether oxygens (including phenoxy) is 1. The first-order valence-electron chi connectivity index (χ1n) is 8.34. The summed E-state index contributed by atoms with van der Waals surface area (Å²) < 4.78 is 8.34. The van der Waals surface area contributed by atoms with Crippen molar-refractivity contribution in [3.8, 4) is 5.75 Å². The first-order chi connectivity index (χ1) is 12.9. The average molecular weight is 421 g/mol. The molecule has 0 radical (unpaired) electrons. The highest BCUT2D eigenvalue weighted by Gasteiger charge is 2.13. The van der Waals surface area contributed by atoms with Gasteiger partial charge >= 0.3 is 0 Å². The van der Waals surface area contributed by atoms with E-state index >= 15 is 0 Å². The molecule has 140 valence electrons. The van der Waals surface area contributed by atoms with Crippen molar-refractivity contribution in [1.29, 1.82) is 0 Å². The number of halogens is 2. The van der Waals surface area contributed by atoms with Gasteiger partial charge in [-0.15, -0.1) is 6.58 Å². The Hall–Kier alpha value is -2.08. The van der Waals surface area contributed by atoms with Crippen LogP contribution in [-0.4, -0.2) is 16.6 Å². The van der Waals surface area contributed by atoms with Crippen LogP contribution >= 0.6 is 34.5 Å². The molecule has 0 bridgehead atoms. The summed E-state index contributed by atoms with van der Waals surface area (Å²) in [5, 5.41) is 0.898. The van der Waals surface area contributed by atoms with Crippen molar-refractivity contribution in [1.82, 2.24) is 4.57 Å². The number of rotatable bonds is 5. The van der Waals surface area contributed by atoms with E-state index in [1.165, 1.54) is 11.3 Å². The summed E-state index contributed by atoms with van der Waals surface area (Å²) in [4.78, 5) is 17.5. The van der Waals surface area contributed by atoms with Crippen LogP contribution < -0.4 is 9.54 Å². The molecule has 27 heavy (non-hydrogen) atoms. The summed E-state index contributed by atoms with van der Waals surface area (Å²) in [6.45, 7) is 8.14. The van der Waals surface area contributed by atoms with Gasteiger partial charge < -0.3 is 9.30 Å². The highest BCUT2D eigenvalue weighted by molar-refractivity contribution is 7.16. The maximum atomic E-state index is 12.6. The predicted octanol–water partition coefficient (Wildman–Crippen LogP) is 5.72. The third-order valence-corrected chi connectivity index (χ3v) is 5.55. The molecule has 0 unspecified atom stereocenters. The fourth-order valence-electron chi connectivity index (χ4n) is 2.59. The van der Waals surface area contributed by atoms with Gasteiger partial charge in [0.05, 0.1) is 26.4 Å². The van der Waals surface area contributed by atoms with E-state index in [1.54, 1.807) is 36.4 Å². The highest BCUT2D eigenvalue weighted by atomic mass is 35.5. The van der Waals surface area contributed by atoms with Gasteiger partial charge in [0.15, 0.2) is 4.80 Å². The summed E-state index contributed by atoms with van der Waals surface area (Å²) in [5.74, 6) is 0.379. The molecule has 0 saturated carbocycles. The molecule has 0 fully saturated rings. The van der Waals surface area contributed by atoms with Crippen molar-refractivity contribution in [3.63, 3.8) is 0 Å². The Kier molecular flexibility index (Phi) is 6.05. The smallest absolute Gasteiger partial charge is 0.279 e. The van der Waals surface area contributed by atoms with Crippen molar-refractivity contribution in [2.24, 2.45) is 4.99 Å². The zero-order valence-corrected chi connectivity index (χ0v) is 17.2. The number of allylic oxidation sites excluding steroid dienone is 1. The minimum atomic E-state index is -0.335. The molecule has 1 amide bonds. The van der Waals surface area contributed by atoms with E-state index in [9.17, 15) is 4.79 Å². The van der Waals surface area contributed by atoms with Crippen LogP contribution in [0, 0.1) is 0 Å². The Labute approximate surface area is 171 Å². The van der Waals surface area contributed by atoms with Gasteiger partial charge in [-0.1, -0.05) is 40.6 Å². The number of thiazole rings is 1. The van der Waals surface area contributed by atoms with E-state index in [2.05, 4.69) is 11.6 Å². The maximum absolute atomic E-state index is 12.6. The van der Waals surface area contributed by atoms with Crippen LogP contribution in [0.4, 0.5) is 0 Å². The van der Waals surface area contributed by atoms with Gasteiger partial charge in [-0.2, -0.15) is 4.99 Å². The highest BCUT2D eigenvalue weighted by Crippen LogP contribution is 2.32. The Morgan fingerprint density at radius 2 is 1.96 bits per heavy atom. The first-order valence-corrected chi connectivity index (χ1v) is 9.92. The van der Waals surface area contributed by atoms with E-state index < -0.39 is 0 Å². The van der Waals surface area contributed by atoms with Crippen LogP contribution in [0.3, 0.4) is 0 Å². The number of fused-ring (bicyclic) bond motifs is 1. The van der Waals surface area contributed by atoms with E-state index in [0.717, 1.165) is 10.2 Å². The lowest BCUT2D eigenvalue weighted by atomic mass is 10.2. The number of amides is 1. The molecular weight excluding hydrogens is 403 g/mol. The first kappa shape index (κ1) is 19.7. The lowest BCUT2D eigenvalue weighted by Gasteiger charge is -2.09. The summed E-state index contributed by atoms with van der Waals surface area (Å²) in [5.41, 5.74) is 1.24. The van der Waals surface area contributed by atoms with Gasteiger partial charge in [-0.25, -0.2) is 0 Å². The molecule has 0 aliphatic rings. The third kappa shape index (κ3) is 4.26. The number of benzene rings is 2. The molecule has 1 aromatic heterocycles. The van der Waals surface area contributed by atoms with Crippen LogP contribution in [0.2, 0.25) is 10.0 Å². The summed E-state index contributed by atoms with van der Waals surface area (Å²) in [7, 11) is 0. The molecule has 0 aliphatic carbocycles. The Balaban J connectivity index is 2.04. The molecule has 3 aromatic rings. The van der Waals surface area contributed by atoms with Crippen LogP contribution in [-0.2, 0) is 6.54 Å². The Morgan fingerprint density at radius 1 is 1.26 bits per heavy atom. The largest absolute Gasteiger partial charge is 0.491 e. The maximum Gasteiger partial charge on any atom is 0.279 e. The summed E-state index contributed by atoms with van der Waals surface area (Å²) in [6, 6.07) is 10.6. The quantitative estimate of drug-likeness (QED) is 0.495. The predicted molar refractivity (Wildman–Crippen MR) is 112 cm³/mol. The fourth-order valence-corrected chi connectivity index (χ4v) is 4.11. The minimum Gasteiger partial charge on any atom is -0.491 e. The number of hydrogen-bond acceptors (Lipinski definition) is 3. The molecule has 2 aromatic carbocycles. The summed E-state index contributed by atoms with van der Waals surface area (Å²) in [6.07, 6.45) is 1.80. The number of nitrogens with zero attached hydrogens (tertiary/aromatic N) is 2. The second-order valence-corrected chi connectivity index (χ2v) is 7.89. The van der Waals surface area contributed by atoms with E-state index in [-0.39, 0.29) is 12.0 Å². The van der Waals surface area contributed by atoms with Gasteiger partial charge in [0.25, 0.3) is 5.91 Å². The lowest BCUT2D eigenvalue weighted by Crippen LogP contribution is -2.16. The van der Waals surface area contributed by atoms with Crippen LogP contribution in [0.15, 0.2) is 54.0 Å². The van der Waals surface area contributed by atoms with E-state index in [0.29, 0.717) is 32.7 Å². The van der Waals surface area contributed by atoms with Crippen molar-refractivity contribution in [2.45, 2.75) is 26.5 Å². The number of carbonyl (C=O) groups is 1. The van der Waals surface area contributed by atoms with E-state index in [1.807, 2.05) is 24.5 Å². The van der Waals surface area contributed by atoms with Gasteiger partial charge in [0, 0.05) is 12.1 Å². The van der Waals surface area contributed by atoms with Crippen molar-refractivity contribution >= 4 is 50.7 Å². The number of hydrogen-bond donors (Lipinski definition) is 0. The number of aromatic nitrogens is 1. The van der Waals surface area contributed by atoms with Crippen molar-refractivity contribution in [3.05, 3.63) is 69.5 Å². The van der Waals surface area contributed by atoms with Gasteiger partial charge in [0.2, 0.25) is 0 Å². The van der Waals surface area contributed by atoms with Crippen LogP contribution in [0.25, 0.3) is 10.2 Å². The zero-order valence-electron chi connectivity index (χ0n) is 14.9. The normalized spacial score (nSPS) is 12.0. The molecule has 7 heteroatoms. The molecule has 0 atom stereocenters. The second-order valence-electron chi connectivity index (χ2n) is 6.10. The topological polar surface area (TPSA) is 43.6 Å². The number of carbonyl (C=O) groups excluding carboxylic acids is 1. The average Bonchev–Trinajstić information content (AvgIpc) is 2.96. The van der Waals surface area contributed by atoms with Crippen molar-refractivity contribution in [2.75, 3.05) is 0 Å². The van der Waals surface area contributed by atoms with Gasteiger partial charge in [-0.05, 0) is 50.2 Å². The van der Waals surface area contributed by atoms with Crippen molar-refractivity contribution < 1.29 is 9.53 Å². The summed E-state index contributed by atoms with van der Waals surface area (Å²) >= 11 is 13.9. The molecule has 0 N–H and O–H groups in total. The molecule has 1 heterocycles. The van der Waals surface area contributed by atoms with E-state index in [4.69, 9.17) is 27.9 Å². The third-order valence-electron chi connectivity index (χ3n) is 3.72. The standard InChI is InChI=1S/C20H18Cl2N2O2S/c1-4-11-24-18-16(10-9-15(21)17(18)22)27-20(24)23-19(25)13-5-7-14(8-6-13)26-12(2)3/h4-10,12H,1,11H2,2-3H3. The van der Waals surface area contributed by atoms with Crippen LogP contribution in [0.5, 0.6) is 5.75 Å². The van der Waals surface area contributed by atoms with Gasteiger partial charge in [-0.3, -0.25) is 4.79 Å². The Morgan fingerprint density at radius 3 is 2.59 bits per heavy atom. The fraction of sp³-hybridized carbons (Fsp3) is 0.200. The minimum absolute atomic E-state index is 0.0734. The monoisotopic (exact) mass is 420 g/mol. The zero-order chi connectivity index (χ0) is 19.6. The molecule has 0 saturated heterocycles. The van der Waals surface area contributed by atoms with Crippen LogP contribution in [0.1, 0.15) is 24.2 Å². The molecule has 3 rings (SSSR count). The Bertz CT molecular complexity index is 1070. The molecule has 0 aliphatic heterocycles. The SMILES string of the molecule is C=CCn1c(=NC(=O)c2ccc(OC(C)C)cc2)sc2ccc(Cl)c(Cl)c21. The van der Waals surface area contributed by atoms with Gasteiger partial charge in [0.1, 0.15) is 5.75 Å².